The van der Waals surface area contributed by atoms with Gasteiger partial charge in [0.1, 0.15) is 17.8 Å². The molecule has 2 aliphatic heterocycles. The summed E-state index contributed by atoms with van der Waals surface area (Å²) < 4.78 is 0. The summed E-state index contributed by atoms with van der Waals surface area (Å²) in [4.78, 5) is 16.8. The number of nitrogens with one attached hydrogen (secondary N) is 1. The van der Waals surface area contributed by atoms with Crippen LogP contribution in [0.15, 0.2) is 18.6 Å². The van der Waals surface area contributed by atoms with E-state index in [0.29, 0.717) is 11.8 Å². The molecule has 2 aromatic heterocycles. The molecule has 2 N–H and O–H groups in total. The molecule has 6 heteroatoms. The molecule has 4 heterocycles. The fourth-order valence-corrected chi connectivity index (χ4v) is 4.11. The van der Waals surface area contributed by atoms with Crippen LogP contribution >= 0.6 is 0 Å². The van der Waals surface area contributed by atoms with Crippen molar-refractivity contribution in [2.24, 2.45) is 11.8 Å². The molecule has 124 valence electrons. The quantitative estimate of drug-likeness (QED) is 0.895. The summed E-state index contributed by atoms with van der Waals surface area (Å²) in [6.07, 6.45) is 7.53. The first kappa shape index (κ1) is 14.9. The van der Waals surface area contributed by atoms with E-state index in [1.165, 1.54) is 32.4 Å². The van der Waals surface area contributed by atoms with E-state index in [0.717, 1.165) is 36.5 Å². The van der Waals surface area contributed by atoms with Gasteiger partial charge in [-0.05, 0) is 37.9 Å². The van der Waals surface area contributed by atoms with Gasteiger partial charge in [0.25, 0.3) is 0 Å². The van der Waals surface area contributed by atoms with Crippen LogP contribution in [0, 0.1) is 11.8 Å². The van der Waals surface area contributed by atoms with Gasteiger partial charge in [0.2, 0.25) is 0 Å². The first-order valence-corrected chi connectivity index (χ1v) is 8.71. The highest BCUT2D eigenvalue weighted by Gasteiger charge is 2.35. The molecule has 23 heavy (non-hydrogen) atoms. The largest absolute Gasteiger partial charge is 0.396 e. The Bertz CT molecular complexity index is 651. The molecular formula is C17H25N5O. The molecule has 0 aliphatic carbocycles. The molecule has 0 amide bonds. The Kier molecular flexibility index (Phi) is 4.18. The van der Waals surface area contributed by atoms with Crippen molar-refractivity contribution in [1.82, 2.24) is 19.9 Å². The molecule has 6 nitrogen and oxygen atoms in total. The minimum absolute atomic E-state index is 0.260. The summed E-state index contributed by atoms with van der Waals surface area (Å²) in [7, 11) is 0. The minimum atomic E-state index is 0.260. The van der Waals surface area contributed by atoms with Crippen LogP contribution < -0.4 is 4.90 Å². The molecule has 2 aliphatic rings. The standard InChI is InChI=1S/C17H25N5O/c23-11-14-10-22(9-13(14)8-21-6-2-1-3-7-21)17-15-4-5-18-16(15)19-12-20-17/h4-5,12-14,23H,1-3,6-11H2,(H,18,19,20)/t13-,14-/m1/s1. The van der Waals surface area contributed by atoms with E-state index in [4.69, 9.17) is 0 Å². The third kappa shape index (κ3) is 2.93. The number of piperidine rings is 1. The Labute approximate surface area is 136 Å². The predicted octanol–water partition coefficient (Wildman–Crippen LogP) is 1.49. The lowest BCUT2D eigenvalue weighted by Gasteiger charge is -2.30. The van der Waals surface area contributed by atoms with Gasteiger partial charge in [0.05, 0.1) is 5.39 Å². The van der Waals surface area contributed by atoms with Gasteiger partial charge in [-0.25, -0.2) is 9.97 Å². The molecule has 0 bridgehead atoms. The lowest BCUT2D eigenvalue weighted by Crippen LogP contribution is -2.37. The summed E-state index contributed by atoms with van der Waals surface area (Å²) in [6.45, 7) is 5.64. The monoisotopic (exact) mass is 315 g/mol. The molecule has 2 fully saturated rings. The number of aliphatic hydroxyl groups is 1. The van der Waals surface area contributed by atoms with Gasteiger partial charge in [-0.2, -0.15) is 0 Å². The van der Waals surface area contributed by atoms with Crippen molar-refractivity contribution in [2.45, 2.75) is 19.3 Å². The van der Waals surface area contributed by atoms with Crippen molar-refractivity contribution in [3.63, 3.8) is 0 Å². The lowest BCUT2D eigenvalue weighted by molar-refractivity contribution is 0.149. The number of nitrogens with zero attached hydrogens (tertiary/aromatic N) is 4. The van der Waals surface area contributed by atoms with E-state index in [2.05, 4.69) is 24.8 Å². The van der Waals surface area contributed by atoms with E-state index < -0.39 is 0 Å². The molecule has 0 spiro atoms. The van der Waals surface area contributed by atoms with E-state index >= 15 is 0 Å². The molecule has 0 aromatic carbocycles. The Balaban J connectivity index is 1.51. The predicted molar refractivity (Wildman–Crippen MR) is 90.5 cm³/mol. The van der Waals surface area contributed by atoms with E-state index in [1.807, 2.05) is 12.3 Å². The van der Waals surface area contributed by atoms with Crippen molar-refractivity contribution in [2.75, 3.05) is 44.2 Å². The Hall–Kier alpha value is -1.66. The van der Waals surface area contributed by atoms with Gasteiger partial charge in [-0.15, -0.1) is 0 Å². The molecular weight excluding hydrogens is 290 g/mol. The molecule has 0 unspecified atom stereocenters. The normalized spacial score (nSPS) is 26.2. The Morgan fingerprint density at radius 2 is 1.96 bits per heavy atom. The SMILES string of the molecule is OC[C@H]1CN(c2ncnc3[nH]ccc23)C[C@H]1CN1CCCCC1. The van der Waals surface area contributed by atoms with Crippen LogP contribution in [0.1, 0.15) is 19.3 Å². The van der Waals surface area contributed by atoms with Crippen LogP contribution in [0.25, 0.3) is 11.0 Å². The average molecular weight is 315 g/mol. The smallest absolute Gasteiger partial charge is 0.142 e. The summed E-state index contributed by atoms with van der Waals surface area (Å²) in [5, 5.41) is 10.9. The molecule has 0 saturated carbocycles. The zero-order valence-corrected chi connectivity index (χ0v) is 13.5. The number of fused-ring (bicyclic) bond motifs is 1. The topological polar surface area (TPSA) is 68.3 Å². The average Bonchev–Trinajstić information content (AvgIpc) is 3.22. The summed E-state index contributed by atoms with van der Waals surface area (Å²) in [5.41, 5.74) is 0.884. The Morgan fingerprint density at radius 3 is 2.78 bits per heavy atom. The summed E-state index contributed by atoms with van der Waals surface area (Å²) in [5.74, 6) is 1.85. The van der Waals surface area contributed by atoms with E-state index in [1.54, 1.807) is 6.33 Å². The number of hydrogen-bond acceptors (Lipinski definition) is 5. The maximum absolute atomic E-state index is 9.82. The minimum Gasteiger partial charge on any atom is -0.396 e. The maximum atomic E-state index is 9.82. The number of anilines is 1. The fourth-order valence-electron chi connectivity index (χ4n) is 4.11. The van der Waals surface area contributed by atoms with Crippen molar-refractivity contribution < 1.29 is 5.11 Å². The second-order valence-electron chi connectivity index (χ2n) is 6.91. The van der Waals surface area contributed by atoms with Crippen molar-refractivity contribution in [1.29, 1.82) is 0 Å². The van der Waals surface area contributed by atoms with Crippen LogP contribution in [-0.2, 0) is 0 Å². The lowest BCUT2D eigenvalue weighted by atomic mass is 9.95. The highest BCUT2D eigenvalue weighted by atomic mass is 16.3. The number of aliphatic hydroxyl groups excluding tert-OH is 1. The molecule has 0 radical (unpaired) electrons. The van der Waals surface area contributed by atoms with Crippen LogP contribution in [0.2, 0.25) is 0 Å². The van der Waals surface area contributed by atoms with Crippen LogP contribution in [0.3, 0.4) is 0 Å². The fraction of sp³-hybridized carbons (Fsp3) is 0.647. The second kappa shape index (κ2) is 6.45. The molecule has 2 aromatic rings. The third-order valence-corrected chi connectivity index (χ3v) is 5.38. The van der Waals surface area contributed by atoms with Gasteiger partial charge in [-0.3, -0.25) is 0 Å². The second-order valence-corrected chi connectivity index (χ2v) is 6.91. The zero-order valence-electron chi connectivity index (χ0n) is 13.5. The van der Waals surface area contributed by atoms with Crippen LogP contribution in [0.5, 0.6) is 0 Å². The first-order valence-electron chi connectivity index (χ1n) is 8.71. The zero-order chi connectivity index (χ0) is 15.6. The number of hydrogen-bond donors (Lipinski definition) is 2. The van der Waals surface area contributed by atoms with Gasteiger partial charge in [-0.1, -0.05) is 6.42 Å². The summed E-state index contributed by atoms with van der Waals surface area (Å²) >= 11 is 0. The van der Waals surface area contributed by atoms with Crippen LogP contribution in [0.4, 0.5) is 5.82 Å². The van der Waals surface area contributed by atoms with Gasteiger partial charge < -0.3 is 19.9 Å². The van der Waals surface area contributed by atoms with Gasteiger partial charge in [0.15, 0.2) is 0 Å². The van der Waals surface area contributed by atoms with Gasteiger partial charge >= 0.3 is 0 Å². The van der Waals surface area contributed by atoms with E-state index in [-0.39, 0.29) is 6.61 Å². The third-order valence-electron chi connectivity index (χ3n) is 5.38. The highest BCUT2D eigenvalue weighted by Crippen LogP contribution is 2.31. The number of aromatic nitrogens is 3. The van der Waals surface area contributed by atoms with Gasteiger partial charge in [0, 0.05) is 38.4 Å². The summed E-state index contributed by atoms with van der Waals surface area (Å²) in [6, 6.07) is 2.04. The first-order chi connectivity index (χ1) is 11.3. The maximum Gasteiger partial charge on any atom is 0.142 e. The highest BCUT2D eigenvalue weighted by molar-refractivity contribution is 5.87. The van der Waals surface area contributed by atoms with Crippen molar-refractivity contribution in [3.05, 3.63) is 18.6 Å². The van der Waals surface area contributed by atoms with Crippen LogP contribution in [-0.4, -0.2) is 64.3 Å². The van der Waals surface area contributed by atoms with Crippen molar-refractivity contribution in [3.8, 4) is 0 Å². The number of likely N-dealkylation sites (tertiary alicyclic amines) is 1. The van der Waals surface area contributed by atoms with E-state index in [9.17, 15) is 5.11 Å². The van der Waals surface area contributed by atoms with Crippen molar-refractivity contribution >= 4 is 16.9 Å². The Morgan fingerprint density at radius 1 is 1.13 bits per heavy atom. The molecule has 4 rings (SSSR count). The molecule has 2 atom stereocenters. The molecule has 2 saturated heterocycles. The number of aromatic amines is 1. The number of rotatable bonds is 4. The number of H-pyrrole nitrogens is 1.